The van der Waals surface area contributed by atoms with Gasteiger partial charge in [0, 0.05) is 30.6 Å². The van der Waals surface area contributed by atoms with Crippen LogP contribution in [-0.4, -0.2) is 23.9 Å². The van der Waals surface area contributed by atoms with Crippen LogP contribution in [0.3, 0.4) is 0 Å². The van der Waals surface area contributed by atoms with Crippen molar-refractivity contribution in [1.82, 2.24) is 14.1 Å². The summed E-state index contributed by atoms with van der Waals surface area (Å²) in [5.74, 6) is 0. The Bertz CT molecular complexity index is 1870. The number of halogens is 1. The van der Waals surface area contributed by atoms with Gasteiger partial charge in [-0.05, 0) is 58.7 Å². The molecule has 0 unspecified atom stereocenters. The molecule has 0 spiro atoms. The third kappa shape index (κ3) is 4.81. The Kier molecular flexibility index (Phi) is 6.77. The molecule has 2 heterocycles. The van der Waals surface area contributed by atoms with Crippen molar-refractivity contribution in [2.45, 2.75) is 5.60 Å². The Morgan fingerprint density at radius 1 is 1.03 bits per heavy atom. The van der Waals surface area contributed by atoms with Crippen LogP contribution in [0.4, 0.5) is 0 Å². The lowest BCUT2D eigenvalue weighted by Crippen LogP contribution is -2.34. The molecule has 2 N–H and O–H groups in total. The van der Waals surface area contributed by atoms with Gasteiger partial charge in [0.15, 0.2) is 5.60 Å². The van der Waals surface area contributed by atoms with Crippen LogP contribution in [0.15, 0.2) is 90.1 Å². The van der Waals surface area contributed by atoms with Gasteiger partial charge in [-0.25, -0.2) is 9.55 Å². The van der Waals surface area contributed by atoms with Crippen LogP contribution >= 0.6 is 19.4 Å². The zero-order chi connectivity index (χ0) is 27.9. The lowest BCUT2D eigenvalue weighted by atomic mass is 9.82. The molecule has 9 nitrogen and oxygen atoms in total. The summed E-state index contributed by atoms with van der Waals surface area (Å²) in [7, 11) is -1.78. The molecule has 2 aromatic heterocycles. The first-order valence-electron chi connectivity index (χ1n) is 11.7. The third-order valence-corrected chi connectivity index (χ3v) is 7.40. The van der Waals surface area contributed by atoms with Gasteiger partial charge >= 0.3 is 7.82 Å². The number of hydrogen-bond acceptors (Lipinski definition) is 5. The fraction of sp³-hybridized carbons (Fsp3) is 0.107. The molecule has 0 aliphatic carbocycles. The molecule has 3 aromatic carbocycles. The average molecular weight is 561 g/mol. The van der Waals surface area contributed by atoms with Gasteiger partial charge in [-0.15, -0.1) is 0 Å². The van der Waals surface area contributed by atoms with Crippen LogP contribution in [0.1, 0.15) is 22.4 Å². The first-order chi connectivity index (χ1) is 18.5. The molecule has 0 aliphatic rings. The minimum atomic E-state index is -5.11. The third-order valence-electron chi connectivity index (χ3n) is 6.64. The predicted octanol–water partition coefficient (Wildman–Crippen LogP) is 4.87. The Hall–Kier alpha value is -4.03. The fourth-order valence-electron chi connectivity index (χ4n) is 4.85. The molecule has 0 radical (unpaired) electrons. The molecule has 39 heavy (non-hydrogen) atoms. The van der Waals surface area contributed by atoms with E-state index in [2.05, 4.69) is 11.1 Å². The smallest absolute Gasteiger partial charge is 0.335 e. The van der Waals surface area contributed by atoms with Crippen molar-refractivity contribution in [3.05, 3.63) is 123 Å². The molecule has 0 amide bonds. The molecule has 0 bridgehead atoms. The number of aromatic nitrogens is 3. The standard InChI is InChI=1S/C28H22ClN4O5P/c1-32-17-31-16-26(32)28(38-39(35,36)37,20-6-9-22(29)10-7-20)21-8-11-25-24(13-21)23(14-27(34)33(25)2)19-5-3-4-18(12-19)15-30/h3-14,16-17H,1-2H3,(H2,35,36,37)/t28-/m1/s1. The first kappa shape index (κ1) is 26.6. The number of fused-ring (bicyclic) bond motifs is 1. The minimum Gasteiger partial charge on any atom is -0.335 e. The second kappa shape index (κ2) is 9.93. The van der Waals surface area contributed by atoms with Crippen molar-refractivity contribution < 1.29 is 18.9 Å². The number of rotatable bonds is 6. The SMILES string of the molecule is Cn1cncc1[C@@](OP(=O)(O)O)(c1ccc(Cl)cc1)c1ccc2c(c1)c(-c1cccc(C#N)c1)cc(=O)n2C. The highest BCUT2D eigenvalue weighted by atomic mass is 35.5. The van der Waals surface area contributed by atoms with Gasteiger partial charge in [-0.1, -0.05) is 41.9 Å². The second-order valence-electron chi connectivity index (χ2n) is 9.04. The quantitative estimate of drug-likeness (QED) is 0.283. The molecule has 0 saturated carbocycles. The average Bonchev–Trinajstić information content (AvgIpc) is 3.35. The van der Waals surface area contributed by atoms with Gasteiger partial charge in [-0.3, -0.25) is 9.32 Å². The predicted molar refractivity (Wildman–Crippen MR) is 147 cm³/mol. The van der Waals surface area contributed by atoms with Crippen molar-refractivity contribution >= 4 is 30.3 Å². The molecular weight excluding hydrogens is 539 g/mol. The van der Waals surface area contributed by atoms with Crippen molar-refractivity contribution in [3.63, 3.8) is 0 Å². The van der Waals surface area contributed by atoms with Crippen molar-refractivity contribution in [3.8, 4) is 17.2 Å². The zero-order valence-electron chi connectivity index (χ0n) is 20.8. The molecule has 5 aromatic rings. The van der Waals surface area contributed by atoms with Gasteiger partial charge in [-0.2, -0.15) is 5.26 Å². The van der Waals surface area contributed by atoms with E-state index in [1.165, 1.54) is 23.2 Å². The molecule has 0 fully saturated rings. The van der Waals surface area contributed by atoms with Gasteiger partial charge in [0.2, 0.25) is 0 Å². The van der Waals surface area contributed by atoms with Gasteiger partial charge in [0.25, 0.3) is 5.56 Å². The molecule has 11 heteroatoms. The molecule has 196 valence electrons. The van der Waals surface area contributed by atoms with Crippen LogP contribution in [0.2, 0.25) is 5.02 Å². The topological polar surface area (TPSA) is 130 Å². The summed E-state index contributed by atoms with van der Waals surface area (Å²) in [5, 5.41) is 10.5. The van der Waals surface area contributed by atoms with Gasteiger partial charge < -0.3 is 18.9 Å². The van der Waals surface area contributed by atoms with Crippen molar-refractivity contribution in [1.29, 1.82) is 5.26 Å². The number of benzene rings is 3. The molecule has 1 atom stereocenters. The van der Waals surface area contributed by atoms with E-state index >= 15 is 0 Å². The van der Waals surface area contributed by atoms with Gasteiger partial charge in [0.05, 0.1) is 35.4 Å². The van der Waals surface area contributed by atoms with E-state index in [1.54, 1.807) is 85.4 Å². The summed E-state index contributed by atoms with van der Waals surface area (Å²) in [6.45, 7) is 0. The van der Waals surface area contributed by atoms with Crippen molar-refractivity contribution in [2.75, 3.05) is 0 Å². The maximum absolute atomic E-state index is 12.9. The second-order valence-corrected chi connectivity index (χ2v) is 10.6. The molecular formula is C28H22ClN4O5P. The van der Waals surface area contributed by atoms with Crippen molar-refractivity contribution in [2.24, 2.45) is 14.1 Å². The monoisotopic (exact) mass is 560 g/mol. The highest BCUT2D eigenvalue weighted by Crippen LogP contribution is 2.52. The Balaban J connectivity index is 1.91. The largest absolute Gasteiger partial charge is 0.471 e. The van der Waals surface area contributed by atoms with Crippen LogP contribution in [0.5, 0.6) is 0 Å². The van der Waals surface area contributed by atoms with E-state index in [0.717, 1.165) is 0 Å². The number of aryl methyl sites for hydroxylation is 2. The number of nitriles is 1. The number of phosphoric ester groups is 1. The Morgan fingerprint density at radius 2 is 1.74 bits per heavy atom. The highest BCUT2D eigenvalue weighted by molar-refractivity contribution is 7.46. The highest BCUT2D eigenvalue weighted by Gasteiger charge is 2.45. The first-order valence-corrected chi connectivity index (χ1v) is 13.6. The molecule has 0 saturated heterocycles. The summed E-state index contributed by atoms with van der Waals surface area (Å²) < 4.78 is 21.3. The summed E-state index contributed by atoms with van der Waals surface area (Å²) in [6, 6.07) is 22.0. The van der Waals surface area contributed by atoms with E-state index in [0.29, 0.717) is 49.4 Å². The summed E-state index contributed by atoms with van der Waals surface area (Å²) >= 11 is 6.15. The van der Waals surface area contributed by atoms with E-state index < -0.39 is 13.4 Å². The Labute approximate surface area is 228 Å². The summed E-state index contributed by atoms with van der Waals surface area (Å²) in [5.41, 5.74) is 1.25. The normalized spacial score (nSPS) is 13.2. The molecule has 0 aliphatic heterocycles. The van der Waals surface area contributed by atoms with E-state index in [-0.39, 0.29) is 5.56 Å². The Morgan fingerprint density at radius 3 is 2.38 bits per heavy atom. The number of pyridine rings is 1. The number of imidazole rings is 1. The van der Waals surface area contributed by atoms with E-state index in [4.69, 9.17) is 16.1 Å². The molecule has 5 rings (SSSR count). The van der Waals surface area contributed by atoms with E-state index in [1.807, 2.05) is 0 Å². The number of hydrogen-bond donors (Lipinski definition) is 2. The summed E-state index contributed by atoms with van der Waals surface area (Å²) in [4.78, 5) is 37.4. The number of nitrogens with zero attached hydrogens (tertiary/aromatic N) is 4. The zero-order valence-corrected chi connectivity index (χ0v) is 22.5. The van der Waals surface area contributed by atoms with Gasteiger partial charge in [0.1, 0.15) is 0 Å². The summed E-state index contributed by atoms with van der Waals surface area (Å²) in [6.07, 6.45) is 2.99. The van der Waals surface area contributed by atoms with E-state index in [9.17, 15) is 24.4 Å². The lowest BCUT2D eigenvalue weighted by Gasteiger charge is -2.35. The maximum atomic E-state index is 12.9. The van der Waals surface area contributed by atoms with Crippen LogP contribution < -0.4 is 5.56 Å². The van der Waals surface area contributed by atoms with Crippen LogP contribution in [0.25, 0.3) is 22.0 Å². The maximum Gasteiger partial charge on any atom is 0.471 e. The lowest BCUT2D eigenvalue weighted by molar-refractivity contribution is 0.0920. The van der Waals surface area contributed by atoms with Crippen LogP contribution in [-0.2, 0) is 28.8 Å². The fourth-order valence-corrected chi connectivity index (χ4v) is 5.64. The minimum absolute atomic E-state index is 0.255. The van der Waals surface area contributed by atoms with Crippen LogP contribution in [0, 0.1) is 11.3 Å². The number of phosphoric acid groups is 1.